The van der Waals surface area contributed by atoms with Gasteiger partial charge in [-0.05, 0) is 50.4 Å². The standard InChI is InChI=1S/C16H30N2/c17-15-5-3-1-2-4-6-16(15)18(11-13-7-8-13)12-14-9-10-14/h13-16H,1-12,17H2. The van der Waals surface area contributed by atoms with Crippen LogP contribution in [0.3, 0.4) is 0 Å². The molecule has 0 spiro atoms. The lowest BCUT2D eigenvalue weighted by Gasteiger charge is -2.37. The highest BCUT2D eigenvalue weighted by atomic mass is 15.2. The van der Waals surface area contributed by atoms with Crippen LogP contribution in [0.1, 0.15) is 64.2 Å². The summed E-state index contributed by atoms with van der Waals surface area (Å²) in [7, 11) is 0. The van der Waals surface area contributed by atoms with E-state index in [1.54, 1.807) is 0 Å². The Morgan fingerprint density at radius 3 is 1.83 bits per heavy atom. The van der Waals surface area contributed by atoms with Crippen molar-refractivity contribution in [2.75, 3.05) is 13.1 Å². The van der Waals surface area contributed by atoms with Crippen LogP contribution in [0.15, 0.2) is 0 Å². The van der Waals surface area contributed by atoms with E-state index in [4.69, 9.17) is 5.73 Å². The van der Waals surface area contributed by atoms with E-state index < -0.39 is 0 Å². The fraction of sp³-hybridized carbons (Fsp3) is 1.00. The predicted molar refractivity (Wildman–Crippen MR) is 76.5 cm³/mol. The van der Waals surface area contributed by atoms with Gasteiger partial charge in [0.1, 0.15) is 0 Å². The van der Waals surface area contributed by atoms with Crippen molar-refractivity contribution < 1.29 is 0 Å². The molecule has 3 aliphatic carbocycles. The van der Waals surface area contributed by atoms with Crippen molar-refractivity contribution in [3.63, 3.8) is 0 Å². The fourth-order valence-corrected chi connectivity index (χ4v) is 3.56. The Kier molecular flexibility index (Phi) is 4.25. The Labute approximate surface area is 112 Å². The molecule has 104 valence electrons. The van der Waals surface area contributed by atoms with Crippen molar-refractivity contribution in [2.45, 2.75) is 76.3 Å². The summed E-state index contributed by atoms with van der Waals surface area (Å²) in [6.07, 6.45) is 14.1. The fourth-order valence-electron chi connectivity index (χ4n) is 3.56. The molecule has 0 radical (unpaired) electrons. The normalized spacial score (nSPS) is 34.3. The van der Waals surface area contributed by atoms with Gasteiger partial charge in [-0.2, -0.15) is 0 Å². The zero-order chi connectivity index (χ0) is 12.4. The van der Waals surface area contributed by atoms with Gasteiger partial charge in [0.15, 0.2) is 0 Å². The summed E-state index contributed by atoms with van der Waals surface area (Å²) in [5.41, 5.74) is 6.50. The first-order valence-corrected chi connectivity index (χ1v) is 8.32. The molecule has 2 nitrogen and oxygen atoms in total. The van der Waals surface area contributed by atoms with Gasteiger partial charge in [-0.1, -0.05) is 25.7 Å². The van der Waals surface area contributed by atoms with Gasteiger partial charge in [0.2, 0.25) is 0 Å². The Bertz CT molecular complexity index is 244. The molecule has 0 heterocycles. The summed E-state index contributed by atoms with van der Waals surface area (Å²) < 4.78 is 0. The van der Waals surface area contributed by atoms with Crippen LogP contribution in [0, 0.1) is 11.8 Å². The molecule has 3 rings (SSSR count). The zero-order valence-corrected chi connectivity index (χ0v) is 11.8. The maximum Gasteiger partial charge on any atom is 0.0247 e. The van der Waals surface area contributed by atoms with E-state index >= 15 is 0 Å². The molecule has 0 saturated heterocycles. The van der Waals surface area contributed by atoms with E-state index in [0.717, 1.165) is 11.8 Å². The quantitative estimate of drug-likeness (QED) is 0.812. The molecule has 0 aliphatic heterocycles. The van der Waals surface area contributed by atoms with Gasteiger partial charge in [0, 0.05) is 25.2 Å². The van der Waals surface area contributed by atoms with Crippen molar-refractivity contribution in [2.24, 2.45) is 17.6 Å². The first-order chi connectivity index (χ1) is 8.83. The molecule has 2 heteroatoms. The topological polar surface area (TPSA) is 29.3 Å². The second-order valence-electron chi connectivity index (χ2n) is 7.06. The lowest BCUT2D eigenvalue weighted by Crippen LogP contribution is -2.49. The van der Waals surface area contributed by atoms with Crippen molar-refractivity contribution in [1.82, 2.24) is 4.90 Å². The molecule has 18 heavy (non-hydrogen) atoms. The monoisotopic (exact) mass is 250 g/mol. The van der Waals surface area contributed by atoms with Crippen LogP contribution >= 0.6 is 0 Å². The first-order valence-electron chi connectivity index (χ1n) is 8.32. The van der Waals surface area contributed by atoms with E-state index in [0.29, 0.717) is 12.1 Å². The van der Waals surface area contributed by atoms with Gasteiger partial charge < -0.3 is 5.73 Å². The SMILES string of the molecule is NC1CCCCCCC1N(CC1CC1)CC1CC1. The molecule has 0 aromatic heterocycles. The highest BCUT2D eigenvalue weighted by molar-refractivity contribution is 4.90. The third-order valence-corrected chi connectivity index (χ3v) is 5.13. The third kappa shape index (κ3) is 3.71. The average molecular weight is 250 g/mol. The van der Waals surface area contributed by atoms with Crippen LogP contribution in [0.5, 0.6) is 0 Å². The Morgan fingerprint density at radius 1 is 0.722 bits per heavy atom. The molecule has 3 saturated carbocycles. The first kappa shape index (κ1) is 12.9. The maximum absolute atomic E-state index is 6.50. The molecular formula is C16H30N2. The minimum Gasteiger partial charge on any atom is -0.326 e. The number of hydrogen-bond acceptors (Lipinski definition) is 2. The van der Waals surface area contributed by atoms with Gasteiger partial charge in [0.05, 0.1) is 0 Å². The van der Waals surface area contributed by atoms with Crippen molar-refractivity contribution in [3.05, 3.63) is 0 Å². The summed E-state index contributed by atoms with van der Waals surface area (Å²) in [4.78, 5) is 2.81. The Morgan fingerprint density at radius 2 is 1.28 bits per heavy atom. The second-order valence-corrected chi connectivity index (χ2v) is 7.06. The van der Waals surface area contributed by atoms with Crippen LogP contribution < -0.4 is 5.73 Å². The number of rotatable bonds is 5. The predicted octanol–water partition coefficient (Wildman–Crippen LogP) is 3.16. The second kappa shape index (κ2) is 5.92. The highest BCUT2D eigenvalue weighted by Crippen LogP contribution is 2.36. The summed E-state index contributed by atoms with van der Waals surface area (Å²) in [5, 5.41) is 0. The maximum atomic E-state index is 6.50. The van der Waals surface area contributed by atoms with Crippen LogP contribution in [-0.2, 0) is 0 Å². The number of hydrogen-bond donors (Lipinski definition) is 1. The van der Waals surface area contributed by atoms with Gasteiger partial charge in [0.25, 0.3) is 0 Å². The molecule has 0 aromatic carbocycles. The van der Waals surface area contributed by atoms with Gasteiger partial charge in [-0.15, -0.1) is 0 Å². The van der Waals surface area contributed by atoms with Crippen molar-refractivity contribution in [3.8, 4) is 0 Å². The Hall–Kier alpha value is -0.0800. The number of nitrogens with two attached hydrogens (primary N) is 1. The minimum atomic E-state index is 0.447. The summed E-state index contributed by atoms with van der Waals surface area (Å²) in [6, 6.07) is 1.15. The molecule has 3 fully saturated rings. The van der Waals surface area contributed by atoms with Gasteiger partial charge >= 0.3 is 0 Å². The molecule has 2 unspecified atom stereocenters. The molecule has 0 aromatic rings. The number of nitrogens with zero attached hydrogens (tertiary/aromatic N) is 1. The Balaban J connectivity index is 1.60. The molecule has 0 amide bonds. The van der Waals surface area contributed by atoms with Crippen molar-refractivity contribution in [1.29, 1.82) is 0 Å². The molecular weight excluding hydrogens is 220 g/mol. The highest BCUT2D eigenvalue weighted by Gasteiger charge is 2.34. The third-order valence-electron chi connectivity index (χ3n) is 5.13. The van der Waals surface area contributed by atoms with Crippen LogP contribution in [-0.4, -0.2) is 30.1 Å². The van der Waals surface area contributed by atoms with E-state index in [1.807, 2.05) is 0 Å². The van der Waals surface area contributed by atoms with Gasteiger partial charge in [-0.3, -0.25) is 4.90 Å². The van der Waals surface area contributed by atoms with Crippen LogP contribution in [0.25, 0.3) is 0 Å². The van der Waals surface area contributed by atoms with E-state index in [2.05, 4.69) is 4.90 Å². The van der Waals surface area contributed by atoms with Crippen LogP contribution in [0.2, 0.25) is 0 Å². The molecule has 2 N–H and O–H groups in total. The average Bonchev–Trinajstić information content (AvgIpc) is 3.18. The summed E-state index contributed by atoms with van der Waals surface area (Å²) in [6.45, 7) is 2.71. The minimum absolute atomic E-state index is 0.447. The lowest BCUT2D eigenvalue weighted by molar-refractivity contribution is 0.136. The molecule has 2 atom stereocenters. The van der Waals surface area contributed by atoms with E-state index in [1.165, 1.54) is 77.3 Å². The summed E-state index contributed by atoms with van der Waals surface area (Å²) >= 11 is 0. The molecule has 0 bridgehead atoms. The molecule has 3 aliphatic rings. The largest absolute Gasteiger partial charge is 0.326 e. The smallest absolute Gasteiger partial charge is 0.0247 e. The van der Waals surface area contributed by atoms with E-state index in [-0.39, 0.29) is 0 Å². The van der Waals surface area contributed by atoms with Crippen LogP contribution in [0.4, 0.5) is 0 Å². The zero-order valence-electron chi connectivity index (χ0n) is 11.8. The van der Waals surface area contributed by atoms with Gasteiger partial charge in [-0.25, -0.2) is 0 Å². The lowest BCUT2D eigenvalue weighted by atomic mass is 9.91. The van der Waals surface area contributed by atoms with Crippen molar-refractivity contribution >= 4 is 0 Å². The summed E-state index contributed by atoms with van der Waals surface area (Å²) in [5.74, 6) is 2.03. The van der Waals surface area contributed by atoms with E-state index in [9.17, 15) is 0 Å².